The lowest BCUT2D eigenvalue weighted by Crippen LogP contribution is -2.16. The van der Waals surface area contributed by atoms with Gasteiger partial charge in [-0.1, -0.05) is 12.7 Å². The molecule has 0 fully saturated rings. The normalized spacial score (nSPS) is 9.88. The topological polar surface area (TPSA) is 125 Å². The van der Waals surface area contributed by atoms with Crippen molar-refractivity contribution in [3.05, 3.63) is 49.1 Å². The van der Waals surface area contributed by atoms with Crippen molar-refractivity contribution in [1.29, 1.82) is 10.5 Å². The fraction of sp³-hybridized carbons (Fsp3) is 0.118. The van der Waals surface area contributed by atoms with E-state index in [1.807, 2.05) is 12.1 Å². The van der Waals surface area contributed by atoms with Crippen molar-refractivity contribution in [3.8, 4) is 34.8 Å². The largest absolute Gasteiger partial charge is 0.493 e. The molecule has 1 aromatic heterocycles. The number of benzene rings is 1. The summed E-state index contributed by atoms with van der Waals surface area (Å²) in [4.78, 5) is 14.4. The second-order valence-corrected chi connectivity index (χ2v) is 6.49. The van der Waals surface area contributed by atoms with Crippen molar-refractivity contribution < 1.29 is 9.47 Å². The molecule has 7 nitrogen and oxygen atoms in total. The number of methoxy groups -OCH3 is 1. The van der Waals surface area contributed by atoms with Crippen LogP contribution in [0.3, 0.4) is 0 Å². The number of ether oxygens (including phenoxy) is 2. The van der Waals surface area contributed by atoms with Gasteiger partial charge in [-0.05, 0) is 37.9 Å². The molecule has 0 saturated carbocycles. The molecule has 3 N–H and O–H groups in total. The number of H-pyrrole nitrogens is 1. The molecule has 1 aromatic carbocycles. The predicted molar refractivity (Wildman–Crippen MR) is 104 cm³/mol. The second kappa shape index (κ2) is 8.09. The minimum atomic E-state index is -0.687. The molecule has 26 heavy (non-hydrogen) atoms. The standard InChI is InChI=1S/C17H12Br2N4O3/c1-3-4-26-15-11(25-2)5-8(13(18)14(15)19)12-9(6-20)16(22)23-17(24)10(12)7-21/h3,5H,1,4H2,2H3,(H3,22,23,24). The quantitative estimate of drug-likeness (QED) is 0.632. The average molecular weight is 480 g/mol. The Kier molecular flexibility index (Phi) is 6.09. The maximum absolute atomic E-state index is 12.1. The van der Waals surface area contributed by atoms with E-state index >= 15 is 0 Å². The van der Waals surface area contributed by atoms with Crippen molar-refractivity contribution in [1.82, 2.24) is 4.98 Å². The number of nitrogens with two attached hydrogens (primary N) is 1. The molecule has 0 spiro atoms. The highest BCUT2D eigenvalue weighted by Crippen LogP contribution is 2.47. The van der Waals surface area contributed by atoms with Crippen LogP contribution >= 0.6 is 31.9 Å². The van der Waals surface area contributed by atoms with Crippen LogP contribution in [0.25, 0.3) is 11.1 Å². The summed E-state index contributed by atoms with van der Waals surface area (Å²) in [5.41, 5.74) is 5.32. The molecule has 132 valence electrons. The predicted octanol–water partition coefficient (Wildman–Crippen LogP) is 3.47. The Morgan fingerprint density at radius 3 is 2.50 bits per heavy atom. The molecular formula is C17H12Br2N4O3. The number of hydrogen-bond donors (Lipinski definition) is 2. The van der Waals surface area contributed by atoms with Crippen LogP contribution in [0.2, 0.25) is 0 Å². The van der Waals surface area contributed by atoms with Crippen molar-refractivity contribution in [2.24, 2.45) is 0 Å². The van der Waals surface area contributed by atoms with E-state index in [-0.39, 0.29) is 29.1 Å². The maximum Gasteiger partial charge on any atom is 0.268 e. The number of nitrogens with one attached hydrogen (secondary N) is 1. The number of aromatic amines is 1. The van der Waals surface area contributed by atoms with Crippen molar-refractivity contribution in [2.75, 3.05) is 19.5 Å². The average Bonchev–Trinajstić information content (AvgIpc) is 2.62. The van der Waals surface area contributed by atoms with Crippen molar-refractivity contribution >= 4 is 37.7 Å². The van der Waals surface area contributed by atoms with Gasteiger partial charge in [0.2, 0.25) is 0 Å². The number of nitriles is 2. The number of rotatable bonds is 5. The van der Waals surface area contributed by atoms with Gasteiger partial charge in [0.1, 0.15) is 35.7 Å². The summed E-state index contributed by atoms with van der Waals surface area (Å²) in [5, 5.41) is 18.9. The van der Waals surface area contributed by atoms with Crippen LogP contribution in [0.1, 0.15) is 11.1 Å². The van der Waals surface area contributed by atoms with Crippen LogP contribution in [0.5, 0.6) is 11.5 Å². The first-order valence-corrected chi connectivity index (χ1v) is 8.65. The van der Waals surface area contributed by atoms with Gasteiger partial charge in [0, 0.05) is 15.6 Å². The van der Waals surface area contributed by atoms with Gasteiger partial charge in [-0.25, -0.2) is 0 Å². The van der Waals surface area contributed by atoms with E-state index in [0.717, 1.165) is 0 Å². The van der Waals surface area contributed by atoms with E-state index in [2.05, 4.69) is 43.4 Å². The number of nitrogen functional groups attached to an aromatic ring is 1. The van der Waals surface area contributed by atoms with E-state index in [4.69, 9.17) is 15.2 Å². The van der Waals surface area contributed by atoms with E-state index < -0.39 is 5.56 Å². The van der Waals surface area contributed by atoms with Gasteiger partial charge in [0.25, 0.3) is 5.56 Å². The molecule has 9 heteroatoms. The Morgan fingerprint density at radius 2 is 1.96 bits per heavy atom. The van der Waals surface area contributed by atoms with Gasteiger partial charge >= 0.3 is 0 Å². The molecule has 0 aliphatic rings. The van der Waals surface area contributed by atoms with Gasteiger partial charge in [-0.15, -0.1) is 0 Å². The highest BCUT2D eigenvalue weighted by atomic mass is 79.9. The van der Waals surface area contributed by atoms with Gasteiger partial charge in [0.05, 0.1) is 11.6 Å². The summed E-state index contributed by atoms with van der Waals surface area (Å²) in [5.74, 6) is 0.613. The van der Waals surface area contributed by atoms with Crippen LogP contribution in [0.15, 0.2) is 32.5 Å². The lowest BCUT2D eigenvalue weighted by atomic mass is 9.96. The molecule has 0 bridgehead atoms. The maximum atomic E-state index is 12.1. The molecule has 0 atom stereocenters. The third-order valence-electron chi connectivity index (χ3n) is 3.43. The fourth-order valence-corrected chi connectivity index (χ4v) is 3.33. The van der Waals surface area contributed by atoms with E-state index in [9.17, 15) is 15.3 Å². The highest BCUT2D eigenvalue weighted by molar-refractivity contribution is 9.13. The summed E-state index contributed by atoms with van der Waals surface area (Å²) >= 11 is 6.83. The summed E-state index contributed by atoms with van der Waals surface area (Å²) < 4.78 is 11.9. The lowest BCUT2D eigenvalue weighted by Gasteiger charge is -2.17. The Labute approximate surface area is 165 Å². The molecule has 1 heterocycles. The Morgan fingerprint density at radius 1 is 1.31 bits per heavy atom. The third kappa shape index (κ3) is 3.32. The van der Waals surface area contributed by atoms with Crippen molar-refractivity contribution in [2.45, 2.75) is 0 Å². The second-order valence-electron chi connectivity index (χ2n) is 4.90. The molecular weight excluding hydrogens is 468 g/mol. The van der Waals surface area contributed by atoms with Gasteiger partial charge in [-0.3, -0.25) is 4.79 Å². The SMILES string of the molecule is C=CCOc1c(OC)cc(-c2c(C#N)c(N)[nH]c(=O)c2C#N)c(Br)c1Br. The summed E-state index contributed by atoms with van der Waals surface area (Å²) in [7, 11) is 1.45. The van der Waals surface area contributed by atoms with Crippen LogP contribution in [-0.2, 0) is 0 Å². The minimum absolute atomic E-state index is 0.0180. The molecule has 0 unspecified atom stereocenters. The van der Waals surface area contributed by atoms with Gasteiger partial charge in [0.15, 0.2) is 11.5 Å². The summed E-state index contributed by atoms with van der Waals surface area (Å²) in [6, 6.07) is 5.31. The molecule has 0 radical (unpaired) electrons. The van der Waals surface area contributed by atoms with E-state index in [1.54, 1.807) is 12.1 Å². The Balaban J connectivity index is 2.93. The number of anilines is 1. The van der Waals surface area contributed by atoms with E-state index in [0.29, 0.717) is 26.0 Å². The number of halogens is 2. The van der Waals surface area contributed by atoms with E-state index in [1.165, 1.54) is 7.11 Å². The Hall–Kier alpha value is -2.75. The first-order valence-electron chi connectivity index (χ1n) is 7.07. The zero-order valence-corrected chi connectivity index (χ0v) is 16.7. The number of nitrogens with zero attached hydrogens (tertiary/aromatic N) is 2. The van der Waals surface area contributed by atoms with Crippen LogP contribution in [0, 0.1) is 22.7 Å². The van der Waals surface area contributed by atoms with Gasteiger partial charge in [-0.2, -0.15) is 10.5 Å². The number of pyridine rings is 1. The molecule has 0 saturated heterocycles. The van der Waals surface area contributed by atoms with Gasteiger partial charge < -0.3 is 20.2 Å². The number of hydrogen-bond acceptors (Lipinski definition) is 6. The molecule has 2 rings (SSSR count). The monoisotopic (exact) mass is 478 g/mol. The summed E-state index contributed by atoms with van der Waals surface area (Å²) in [6.45, 7) is 3.84. The first-order chi connectivity index (χ1) is 12.4. The lowest BCUT2D eigenvalue weighted by molar-refractivity contribution is 0.324. The molecule has 0 amide bonds. The minimum Gasteiger partial charge on any atom is -0.493 e. The van der Waals surface area contributed by atoms with Crippen LogP contribution < -0.4 is 20.8 Å². The molecule has 2 aromatic rings. The van der Waals surface area contributed by atoms with Crippen LogP contribution in [0.4, 0.5) is 5.82 Å². The first kappa shape index (κ1) is 19.6. The fourth-order valence-electron chi connectivity index (χ4n) is 2.31. The highest BCUT2D eigenvalue weighted by Gasteiger charge is 2.24. The molecule has 0 aliphatic heterocycles. The zero-order valence-electron chi connectivity index (χ0n) is 13.5. The van der Waals surface area contributed by atoms with Crippen LogP contribution in [-0.4, -0.2) is 18.7 Å². The smallest absolute Gasteiger partial charge is 0.268 e. The summed E-state index contributed by atoms with van der Waals surface area (Å²) in [6.07, 6.45) is 1.58. The Bertz CT molecular complexity index is 1030. The number of aromatic nitrogens is 1. The third-order valence-corrected chi connectivity index (χ3v) is 5.54. The zero-order chi connectivity index (χ0) is 19.4. The van der Waals surface area contributed by atoms with Crippen molar-refractivity contribution in [3.63, 3.8) is 0 Å². The molecule has 0 aliphatic carbocycles.